The normalized spacial score (nSPS) is 13.5. The predicted octanol–water partition coefficient (Wildman–Crippen LogP) is -0.752. The number of urea groups is 1. The van der Waals surface area contributed by atoms with E-state index in [4.69, 9.17) is 14.9 Å². The van der Waals surface area contributed by atoms with E-state index in [-0.39, 0.29) is 12.6 Å². The fraction of sp³-hybridized carbons (Fsp3) is 0.667. The van der Waals surface area contributed by atoms with Crippen LogP contribution in [0.15, 0.2) is 0 Å². The highest BCUT2D eigenvalue weighted by molar-refractivity contribution is 5.86. The minimum absolute atomic E-state index is 0.196. The molecule has 8 heteroatoms. The fourth-order valence-corrected chi connectivity index (χ4v) is 0.904. The summed E-state index contributed by atoms with van der Waals surface area (Å²) in [6.07, 6.45) is -0.897. The van der Waals surface area contributed by atoms with Gasteiger partial charge < -0.3 is 25.6 Å². The first-order valence-corrected chi connectivity index (χ1v) is 4.88. The van der Waals surface area contributed by atoms with E-state index >= 15 is 0 Å². The van der Waals surface area contributed by atoms with Gasteiger partial charge in [0.1, 0.15) is 6.04 Å². The number of carboxylic acid groups (broad SMARTS) is 2. The van der Waals surface area contributed by atoms with Crippen molar-refractivity contribution in [2.75, 3.05) is 13.7 Å². The van der Waals surface area contributed by atoms with Crippen LogP contribution in [0.1, 0.15) is 13.3 Å². The van der Waals surface area contributed by atoms with Crippen molar-refractivity contribution in [2.24, 2.45) is 0 Å². The minimum atomic E-state index is -1.45. The molecule has 8 nitrogen and oxygen atoms in total. The summed E-state index contributed by atoms with van der Waals surface area (Å²) < 4.78 is 4.86. The summed E-state index contributed by atoms with van der Waals surface area (Å²) in [5.41, 5.74) is 0. The van der Waals surface area contributed by atoms with Crippen LogP contribution in [-0.2, 0) is 14.3 Å². The largest absolute Gasteiger partial charge is 0.481 e. The number of methoxy groups -OCH3 is 1. The number of nitrogens with one attached hydrogen (secondary N) is 2. The number of rotatable bonds is 7. The lowest BCUT2D eigenvalue weighted by atomic mass is 10.2. The summed E-state index contributed by atoms with van der Waals surface area (Å²) in [6, 6.07) is -2.20. The van der Waals surface area contributed by atoms with Gasteiger partial charge in [-0.25, -0.2) is 9.59 Å². The summed E-state index contributed by atoms with van der Waals surface area (Å²) in [5, 5.41) is 21.5. The van der Waals surface area contributed by atoms with Gasteiger partial charge in [-0.1, -0.05) is 0 Å². The number of amides is 2. The van der Waals surface area contributed by atoms with E-state index in [1.807, 2.05) is 5.32 Å². The van der Waals surface area contributed by atoms with Crippen molar-refractivity contribution in [1.29, 1.82) is 0 Å². The van der Waals surface area contributed by atoms with E-state index in [1.54, 1.807) is 6.92 Å². The quantitative estimate of drug-likeness (QED) is 0.469. The molecule has 0 aromatic rings. The molecule has 98 valence electrons. The Labute approximate surface area is 97.9 Å². The molecule has 0 saturated heterocycles. The monoisotopic (exact) mass is 248 g/mol. The molecule has 1 unspecified atom stereocenters. The van der Waals surface area contributed by atoms with Crippen molar-refractivity contribution in [1.82, 2.24) is 10.6 Å². The lowest BCUT2D eigenvalue weighted by Crippen LogP contribution is -2.48. The molecule has 0 aromatic heterocycles. The van der Waals surface area contributed by atoms with Crippen LogP contribution in [0, 0.1) is 0 Å². The van der Waals surface area contributed by atoms with E-state index in [9.17, 15) is 14.4 Å². The second-order valence-electron chi connectivity index (χ2n) is 3.39. The maximum Gasteiger partial charge on any atom is 0.326 e. The second kappa shape index (κ2) is 7.44. The number of carboxylic acids is 2. The van der Waals surface area contributed by atoms with E-state index in [0.717, 1.165) is 0 Å². The summed E-state index contributed by atoms with van der Waals surface area (Å²) >= 11 is 0. The standard InChI is InChI=1S/C9H16N2O6/c1-5(17-2)4-10-9(16)11-6(8(14)15)3-7(12)13/h5-6H,3-4H2,1-2H3,(H,12,13)(H,14,15)(H2,10,11,16)/t5?,6-/m1/s1. The minimum Gasteiger partial charge on any atom is -0.481 e. The highest BCUT2D eigenvalue weighted by atomic mass is 16.5. The van der Waals surface area contributed by atoms with Crippen LogP contribution in [0.5, 0.6) is 0 Å². The Bertz CT molecular complexity index is 293. The van der Waals surface area contributed by atoms with E-state index < -0.39 is 30.4 Å². The van der Waals surface area contributed by atoms with Gasteiger partial charge in [0.25, 0.3) is 0 Å². The first-order chi connectivity index (χ1) is 7.86. The third kappa shape index (κ3) is 7.12. The van der Waals surface area contributed by atoms with E-state index in [0.29, 0.717) is 0 Å². The Morgan fingerprint density at radius 2 is 1.88 bits per heavy atom. The number of aliphatic carboxylic acids is 2. The van der Waals surface area contributed by atoms with Crippen LogP contribution >= 0.6 is 0 Å². The molecule has 0 spiro atoms. The van der Waals surface area contributed by atoms with Gasteiger partial charge in [-0.15, -0.1) is 0 Å². The summed E-state index contributed by atoms with van der Waals surface area (Å²) in [5.74, 6) is -2.70. The number of hydrogen-bond acceptors (Lipinski definition) is 4. The summed E-state index contributed by atoms with van der Waals surface area (Å²) in [6.45, 7) is 1.91. The maximum absolute atomic E-state index is 11.2. The average molecular weight is 248 g/mol. The van der Waals surface area contributed by atoms with Crippen molar-refractivity contribution >= 4 is 18.0 Å². The van der Waals surface area contributed by atoms with Crippen molar-refractivity contribution in [3.63, 3.8) is 0 Å². The van der Waals surface area contributed by atoms with E-state index in [2.05, 4.69) is 5.32 Å². The van der Waals surface area contributed by atoms with Gasteiger partial charge in [-0.05, 0) is 6.92 Å². The highest BCUT2D eigenvalue weighted by Crippen LogP contribution is 1.93. The first-order valence-electron chi connectivity index (χ1n) is 4.88. The number of carbonyl (C=O) groups is 3. The summed E-state index contributed by atoms with van der Waals surface area (Å²) in [7, 11) is 1.47. The number of hydrogen-bond donors (Lipinski definition) is 4. The van der Waals surface area contributed by atoms with Crippen LogP contribution in [0.3, 0.4) is 0 Å². The first kappa shape index (κ1) is 15.2. The Morgan fingerprint density at radius 1 is 1.29 bits per heavy atom. The van der Waals surface area contributed by atoms with Gasteiger partial charge in [-0.2, -0.15) is 0 Å². The molecule has 0 rings (SSSR count). The smallest absolute Gasteiger partial charge is 0.326 e. The summed E-state index contributed by atoms with van der Waals surface area (Å²) in [4.78, 5) is 32.2. The molecule has 0 radical (unpaired) electrons. The molecule has 0 aliphatic carbocycles. The lowest BCUT2D eigenvalue weighted by molar-refractivity contribution is -0.145. The van der Waals surface area contributed by atoms with E-state index in [1.165, 1.54) is 7.11 Å². The Balaban J connectivity index is 4.13. The van der Waals surface area contributed by atoms with Crippen molar-refractivity contribution < 1.29 is 29.3 Å². The van der Waals surface area contributed by atoms with Crippen molar-refractivity contribution in [3.8, 4) is 0 Å². The average Bonchev–Trinajstić information content (AvgIpc) is 2.24. The van der Waals surface area contributed by atoms with Crippen molar-refractivity contribution in [3.05, 3.63) is 0 Å². The van der Waals surface area contributed by atoms with Crippen molar-refractivity contribution in [2.45, 2.75) is 25.5 Å². The fourth-order valence-electron chi connectivity index (χ4n) is 0.904. The molecule has 0 aromatic carbocycles. The predicted molar refractivity (Wildman–Crippen MR) is 56.7 cm³/mol. The van der Waals surface area contributed by atoms with Crippen LogP contribution in [0.25, 0.3) is 0 Å². The molecular formula is C9H16N2O6. The topological polar surface area (TPSA) is 125 Å². The van der Waals surface area contributed by atoms with Crippen LogP contribution in [0.4, 0.5) is 4.79 Å². The zero-order chi connectivity index (χ0) is 13.4. The Morgan fingerprint density at radius 3 is 2.29 bits per heavy atom. The van der Waals surface area contributed by atoms with Crippen LogP contribution in [0.2, 0.25) is 0 Å². The molecule has 0 aliphatic heterocycles. The molecule has 4 N–H and O–H groups in total. The van der Waals surface area contributed by atoms with Gasteiger partial charge in [0.05, 0.1) is 12.5 Å². The van der Waals surface area contributed by atoms with Crippen LogP contribution in [-0.4, -0.2) is 54.0 Å². The van der Waals surface area contributed by atoms with Gasteiger partial charge >= 0.3 is 18.0 Å². The highest BCUT2D eigenvalue weighted by Gasteiger charge is 2.22. The number of ether oxygens (including phenoxy) is 1. The third-order valence-electron chi connectivity index (χ3n) is 1.93. The molecular weight excluding hydrogens is 232 g/mol. The molecule has 0 aliphatic rings. The van der Waals surface area contributed by atoms with Crippen LogP contribution < -0.4 is 10.6 Å². The zero-order valence-corrected chi connectivity index (χ0v) is 9.60. The van der Waals surface area contributed by atoms with Gasteiger partial charge in [-0.3, -0.25) is 4.79 Å². The van der Waals surface area contributed by atoms with Gasteiger partial charge in [0.2, 0.25) is 0 Å². The zero-order valence-electron chi connectivity index (χ0n) is 9.60. The SMILES string of the molecule is COC(C)CNC(=O)N[C@H](CC(=O)O)C(=O)O. The molecule has 2 atom stereocenters. The van der Waals surface area contributed by atoms with Gasteiger partial charge in [0, 0.05) is 13.7 Å². The molecule has 0 heterocycles. The Hall–Kier alpha value is -1.83. The third-order valence-corrected chi connectivity index (χ3v) is 1.93. The molecule has 0 bridgehead atoms. The lowest BCUT2D eigenvalue weighted by Gasteiger charge is -2.15. The maximum atomic E-state index is 11.2. The molecule has 0 fully saturated rings. The second-order valence-corrected chi connectivity index (χ2v) is 3.39. The molecule has 17 heavy (non-hydrogen) atoms. The van der Waals surface area contributed by atoms with Gasteiger partial charge in [0.15, 0.2) is 0 Å². The molecule has 2 amide bonds. The molecule has 0 saturated carbocycles. The number of carbonyl (C=O) groups excluding carboxylic acids is 1. The Kier molecular flexibility index (Phi) is 6.64.